The van der Waals surface area contributed by atoms with Crippen molar-refractivity contribution in [2.45, 2.75) is 51.5 Å². The molecule has 94 valence electrons. The maximum absolute atomic E-state index is 13.4. The Morgan fingerprint density at radius 3 is 3.00 bits per heavy atom. The molecule has 0 saturated carbocycles. The van der Waals surface area contributed by atoms with Crippen LogP contribution in [-0.4, -0.2) is 12.6 Å². The SMILES string of the molecule is Cc1ccc(CCC2CCCCCN2)cc1F. The van der Waals surface area contributed by atoms with Crippen LogP contribution in [0.1, 0.15) is 43.2 Å². The number of rotatable bonds is 3. The second-order valence-electron chi connectivity index (χ2n) is 5.12. The second kappa shape index (κ2) is 6.15. The first-order chi connectivity index (χ1) is 8.25. The van der Waals surface area contributed by atoms with E-state index in [1.54, 1.807) is 6.07 Å². The maximum Gasteiger partial charge on any atom is 0.126 e. The molecule has 2 rings (SSSR count). The van der Waals surface area contributed by atoms with Crippen molar-refractivity contribution in [1.29, 1.82) is 0 Å². The lowest BCUT2D eigenvalue weighted by atomic mass is 10.0. The van der Waals surface area contributed by atoms with Gasteiger partial charge in [0.1, 0.15) is 5.82 Å². The van der Waals surface area contributed by atoms with E-state index in [2.05, 4.69) is 11.4 Å². The number of aryl methyl sites for hydroxylation is 2. The predicted molar refractivity (Wildman–Crippen MR) is 69.7 cm³/mol. The van der Waals surface area contributed by atoms with Crippen LogP contribution in [0.15, 0.2) is 18.2 Å². The topological polar surface area (TPSA) is 12.0 Å². The molecule has 1 N–H and O–H groups in total. The van der Waals surface area contributed by atoms with E-state index in [4.69, 9.17) is 0 Å². The van der Waals surface area contributed by atoms with E-state index in [0.29, 0.717) is 6.04 Å². The highest BCUT2D eigenvalue weighted by Crippen LogP contribution is 2.15. The Morgan fingerprint density at radius 2 is 2.18 bits per heavy atom. The lowest BCUT2D eigenvalue weighted by Gasteiger charge is -2.15. The number of hydrogen-bond donors (Lipinski definition) is 1. The summed E-state index contributed by atoms with van der Waals surface area (Å²) >= 11 is 0. The average Bonchev–Trinajstić information content (AvgIpc) is 2.59. The molecule has 17 heavy (non-hydrogen) atoms. The van der Waals surface area contributed by atoms with Gasteiger partial charge in [-0.1, -0.05) is 25.0 Å². The van der Waals surface area contributed by atoms with Gasteiger partial charge in [-0.2, -0.15) is 0 Å². The smallest absolute Gasteiger partial charge is 0.126 e. The molecule has 1 fully saturated rings. The van der Waals surface area contributed by atoms with Crippen LogP contribution < -0.4 is 5.32 Å². The van der Waals surface area contributed by atoms with E-state index >= 15 is 0 Å². The summed E-state index contributed by atoms with van der Waals surface area (Å²) in [6.07, 6.45) is 7.37. The standard InChI is InChI=1S/C15H22FN/c1-12-6-7-13(11-15(12)16)8-9-14-5-3-2-4-10-17-14/h6-7,11,14,17H,2-5,8-10H2,1H3. The summed E-state index contributed by atoms with van der Waals surface area (Å²) in [5, 5.41) is 3.58. The van der Waals surface area contributed by atoms with Crippen LogP contribution in [0.3, 0.4) is 0 Å². The van der Waals surface area contributed by atoms with E-state index in [9.17, 15) is 4.39 Å². The van der Waals surface area contributed by atoms with Crippen molar-refractivity contribution in [1.82, 2.24) is 5.32 Å². The van der Waals surface area contributed by atoms with Gasteiger partial charge < -0.3 is 5.32 Å². The maximum atomic E-state index is 13.4. The Kier molecular flexibility index (Phi) is 4.55. The average molecular weight is 235 g/mol. The first kappa shape index (κ1) is 12.6. The molecule has 1 unspecified atom stereocenters. The van der Waals surface area contributed by atoms with Gasteiger partial charge in [-0.3, -0.25) is 0 Å². The lowest BCUT2D eigenvalue weighted by molar-refractivity contribution is 0.477. The molecule has 1 nitrogen and oxygen atoms in total. The van der Waals surface area contributed by atoms with Crippen molar-refractivity contribution >= 4 is 0 Å². The van der Waals surface area contributed by atoms with Crippen LogP contribution in [0.25, 0.3) is 0 Å². The van der Waals surface area contributed by atoms with Crippen molar-refractivity contribution in [2.75, 3.05) is 6.54 Å². The molecule has 2 heteroatoms. The van der Waals surface area contributed by atoms with Gasteiger partial charge in [-0.05, 0) is 56.3 Å². The van der Waals surface area contributed by atoms with Crippen molar-refractivity contribution in [2.24, 2.45) is 0 Å². The third-order valence-corrected chi connectivity index (χ3v) is 3.68. The van der Waals surface area contributed by atoms with E-state index in [0.717, 1.165) is 30.5 Å². The highest BCUT2D eigenvalue weighted by atomic mass is 19.1. The fourth-order valence-electron chi connectivity index (χ4n) is 2.48. The van der Waals surface area contributed by atoms with Gasteiger partial charge >= 0.3 is 0 Å². The van der Waals surface area contributed by atoms with E-state index < -0.39 is 0 Å². The normalized spacial score (nSPS) is 21.2. The Balaban J connectivity index is 1.85. The van der Waals surface area contributed by atoms with Crippen molar-refractivity contribution in [3.05, 3.63) is 35.1 Å². The molecule has 1 aromatic carbocycles. The zero-order valence-electron chi connectivity index (χ0n) is 10.6. The van der Waals surface area contributed by atoms with Crippen LogP contribution in [0.4, 0.5) is 4.39 Å². The molecule has 0 aliphatic carbocycles. The lowest BCUT2D eigenvalue weighted by Crippen LogP contribution is -2.28. The summed E-state index contributed by atoms with van der Waals surface area (Å²) in [5.74, 6) is -0.0728. The van der Waals surface area contributed by atoms with Crippen LogP contribution in [0.2, 0.25) is 0 Å². The number of nitrogens with one attached hydrogen (secondary N) is 1. The summed E-state index contributed by atoms with van der Waals surface area (Å²) < 4.78 is 13.4. The van der Waals surface area contributed by atoms with E-state index in [1.165, 1.54) is 25.7 Å². The van der Waals surface area contributed by atoms with Gasteiger partial charge in [-0.15, -0.1) is 0 Å². The van der Waals surface area contributed by atoms with Crippen LogP contribution in [-0.2, 0) is 6.42 Å². The third kappa shape index (κ3) is 3.81. The highest BCUT2D eigenvalue weighted by molar-refractivity contribution is 5.23. The summed E-state index contributed by atoms with van der Waals surface area (Å²) in [6.45, 7) is 2.96. The summed E-state index contributed by atoms with van der Waals surface area (Å²) in [4.78, 5) is 0. The first-order valence-electron chi connectivity index (χ1n) is 6.74. The predicted octanol–water partition coefficient (Wildman–Crippen LogP) is 3.60. The summed E-state index contributed by atoms with van der Waals surface area (Å²) in [6, 6.07) is 6.24. The highest BCUT2D eigenvalue weighted by Gasteiger charge is 2.11. The fraction of sp³-hybridized carbons (Fsp3) is 0.600. The molecule has 1 heterocycles. The molecular weight excluding hydrogens is 213 g/mol. The van der Waals surface area contributed by atoms with Crippen molar-refractivity contribution in [3.63, 3.8) is 0 Å². The Morgan fingerprint density at radius 1 is 1.29 bits per heavy atom. The molecule has 1 saturated heterocycles. The minimum Gasteiger partial charge on any atom is -0.314 e. The quantitative estimate of drug-likeness (QED) is 0.844. The summed E-state index contributed by atoms with van der Waals surface area (Å²) in [5.41, 5.74) is 1.86. The fourth-order valence-corrected chi connectivity index (χ4v) is 2.48. The van der Waals surface area contributed by atoms with E-state index in [-0.39, 0.29) is 5.82 Å². The van der Waals surface area contributed by atoms with Crippen molar-refractivity contribution in [3.8, 4) is 0 Å². The molecule has 0 amide bonds. The van der Waals surface area contributed by atoms with Gasteiger partial charge in [0.05, 0.1) is 0 Å². The van der Waals surface area contributed by atoms with Crippen LogP contribution in [0.5, 0.6) is 0 Å². The van der Waals surface area contributed by atoms with E-state index in [1.807, 2.05) is 13.0 Å². The summed E-state index contributed by atoms with van der Waals surface area (Å²) in [7, 11) is 0. The largest absolute Gasteiger partial charge is 0.314 e. The molecule has 1 aliphatic heterocycles. The van der Waals surface area contributed by atoms with Gasteiger partial charge in [0, 0.05) is 6.04 Å². The molecule has 0 radical (unpaired) electrons. The van der Waals surface area contributed by atoms with Crippen molar-refractivity contribution < 1.29 is 4.39 Å². The molecule has 1 aliphatic rings. The zero-order valence-corrected chi connectivity index (χ0v) is 10.6. The number of hydrogen-bond acceptors (Lipinski definition) is 1. The van der Waals surface area contributed by atoms with Gasteiger partial charge in [-0.25, -0.2) is 4.39 Å². The minimum absolute atomic E-state index is 0.0728. The number of benzene rings is 1. The Labute approximate surface area is 103 Å². The molecule has 0 spiro atoms. The van der Waals surface area contributed by atoms with Gasteiger partial charge in [0.15, 0.2) is 0 Å². The third-order valence-electron chi connectivity index (χ3n) is 3.68. The molecule has 1 atom stereocenters. The zero-order chi connectivity index (χ0) is 12.1. The van der Waals surface area contributed by atoms with Gasteiger partial charge in [0.2, 0.25) is 0 Å². The minimum atomic E-state index is -0.0728. The monoisotopic (exact) mass is 235 g/mol. The van der Waals surface area contributed by atoms with Crippen LogP contribution >= 0.6 is 0 Å². The van der Waals surface area contributed by atoms with Gasteiger partial charge in [0.25, 0.3) is 0 Å². The molecule has 1 aromatic rings. The molecular formula is C15H22FN. The molecule has 0 aromatic heterocycles. The Bertz CT molecular complexity index is 354. The molecule has 0 bridgehead atoms. The Hall–Kier alpha value is -0.890. The van der Waals surface area contributed by atoms with Crippen LogP contribution in [0, 0.1) is 12.7 Å². The second-order valence-corrected chi connectivity index (χ2v) is 5.12. The number of halogens is 1. The first-order valence-corrected chi connectivity index (χ1v) is 6.74.